The number of rotatable bonds is 13. The number of benzene rings is 3. The van der Waals surface area contributed by atoms with Crippen molar-refractivity contribution < 1.29 is 14.3 Å². The third kappa shape index (κ3) is 8.57. The molecule has 0 aliphatic heterocycles. The summed E-state index contributed by atoms with van der Waals surface area (Å²) in [4.78, 5) is 34.9. The van der Waals surface area contributed by atoms with Gasteiger partial charge in [0, 0.05) is 36.8 Å². The molecule has 4 rings (SSSR count). The molecule has 0 bridgehead atoms. The standard InChI is InChI=1S/C32H36N4O3/c1-32(2,27-11-7-4-8-12-27)23-34-30(37)21-36(31(38)18-15-28-19-33-24-35-28)20-25-13-16-29(17-14-25)39-22-26-9-5-3-6-10-26/h3-14,16-17,19,24H,15,18,20-23H2,1-2H3,(H,33,35)(H,34,37). The monoisotopic (exact) mass is 524 g/mol. The zero-order valence-electron chi connectivity index (χ0n) is 22.6. The van der Waals surface area contributed by atoms with Gasteiger partial charge in [-0.05, 0) is 35.2 Å². The number of aromatic nitrogens is 2. The molecule has 39 heavy (non-hydrogen) atoms. The van der Waals surface area contributed by atoms with Crippen LogP contribution < -0.4 is 10.1 Å². The Balaban J connectivity index is 1.37. The zero-order valence-corrected chi connectivity index (χ0v) is 22.6. The van der Waals surface area contributed by atoms with Gasteiger partial charge in [0.25, 0.3) is 0 Å². The van der Waals surface area contributed by atoms with E-state index >= 15 is 0 Å². The lowest BCUT2D eigenvalue weighted by Gasteiger charge is -2.27. The highest BCUT2D eigenvalue weighted by Gasteiger charge is 2.23. The second-order valence-electron chi connectivity index (χ2n) is 10.3. The molecule has 1 aromatic heterocycles. The first kappa shape index (κ1) is 27.6. The van der Waals surface area contributed by atoms with E-state index in [0.29, 0.717) is 26.1 Å². The molecule has 0 saturated carbocycles. The molecular formula is C32H36N4O3. The first-order valence-electron chi connectivity index (χ1n) is 13.2. The maximum absolute atomic E-state index is 13.2. The normalized spacial score (nSPS) is 11.1. The van der Waals surface area contributed by atoms with Gasteiger partial charge in [-0.1, -0.05) is 86.6 Å². The van der Waals surface area contributed by atoms with E-state index in [2.05, 4.69) is 41.3 Å². The Morgan fingerprint density at radius 1 is 0.923 bits per heavy atom. The molecule has 0 aliphatic carbocycles. The van der Waals surface area contributed by atoms with Gasteiger partial charge >= 0.3 is 0 Å². The summed E-state index contributed by atoms with van der Waals surface area (Å²) in [6.45, 7) is 5.46. The molecule has 2 N–H and O–H groups in total. The maximum Gasteiger partial charge on any atom is 0.239 e. The number of hydrogen-bond acceptors (Lipinski definition) is 4. The predicted molar refractivity (Wildman–Crippen MR) is 152 cm³/mol. The van der Waals surface area contributed by atoms with Crippen LogP contribution in [0.2, 0.25) is 0 Å². The third-order valence-electron chi connectivity index (χ3n) is 6.68. The van der Waals surface area contributed by atoms with Gasteiger partial charge in [-0.15, -0.1) is 0 Å². The molecule has 0 saturated heterocycles. The van der Waals surface area contributed by atoms with Gasteiger partial charge in [-0.25, -0.2) is 4.98 Å². The Morgan fingerprint density at radius 3 is 2.28 bits per heavy atom. The maximum atomic E-state index is 13.2. The molecule has 0 radical (unpaired) electrons. The number of carbonyl (C=O) groups is 2. The Hall–Kier alpha value is -4.39. The number of aromatic amines is 1. The minimum atomic E-state index is -0.234. The SMILES string of the molecule is CC(C)(CNC(=O)CN(Cc1ccc(OCc2ccccc2)cc1)C(=O)CCc1cnc[nH]1)c1ccccc1. The number of aryl methyl sites for hydroxylation is 1. The van der Waals surface area contributed by atoms with Gasteiger partial charge in [0.15, 0.2) is 0 Å². The van der Waals surface area contributed by atoms with Crippen molar-refractivity contribution in [1.29, 1.82) is 0 Å². The van der Waals surface area contributed by atoms with E-state index in [0.717, 1.165) is 28.1 Å². The van der Waals surface area contributed by atoms with E-state index in [1.807, 2.05) is 72.8 Å². The van der Waals surface area contributed by atoms with Crippen molar-refractivity contribution in [3.63, 3.8) is 0 Å². The van der Waals surface area contributed by atoms with Crippen LogP contribution in [0, 0.1) is 0 Å². The van der Waals surface area contributed by atoms with Gasteiger partial charge in [-0.2, -0.15) is 0 Å². The van der Waals surface area contributed by atoms with Gasteiger partial charge in [0.2, 0.25) is 11.8 Å². The molecule has 0 fully saturated rings. The molecule has 7 nitrogen and oxygen atoms in total. The molecule has 2 amide bonds. The van der Waals surface area contributed by atoms with Crippen molar-refractivity contribution in [3.8, 4) is 5.75 Å². The number of nitrogens with one attached hydrogen (secondary N) is 2. The number of carbonyl (C=O) groups excluding carboxylic acids is 2. The number of ether oxygens (including phenoxy) is 1. The van der Waals surface area contributed by atoms with E-state index in [4.69, 9.17) is 4.74 Å². The summed E-state index contributed by atoms with van der Waals surface area (Å²) in [6, 6.07) is 27.7. The van der Waals surface area contributed by atoms with Crippen molar-refractivity contribution >= 4 is 11.8 Å². The topological polar surface area (TPSA) is 87.3 Å². The number of hydrogen-bond donors (Lipinski definition) is 2. The zero-order chi connectivity index (χ0) is 27.5. The smallest absolute Gasteiger partial charge is 0.239 e. The average Bonchev–Trinajstić information content (AvgIpc) is 3.49. The molecule has 3 aromatic carbocycles. The average molecular weight is 525 g/mol. The second kappa shape index (κ2) is 13.4. The summed E-state index contributed by atoms with van der Waals surface area (Å²) >= 11 is 0. The van der Waals surface area contributed by atoms with Gasteiger partial charge in [-0.3, -0.25) is 9.59 Å². The number of H-pyrrole nitrogens is 1. The molecule has 0 spiro atoms. The van der Waals surface area contributed by atoms with Crippen molar-refractivity contribution in [3.05, 3.63) is 120 Å². The Bertz CT molecular complexity index is 1300. The highest BCUT2D eigenvalue weighted by molar-refractivity contribution is 5.85. The van der Waals surface area contributed by atoms with Crippen LogP contribution in [-0.2, 0) is 34.6 Å². The summed E-state index contributed by atoms with van der Waals surface area (Å²) in [5.74, 6) is 0.476. The van der Waals surface area contributed by atoms with Crippen LogP contribution >= 0.6 is 0 Å². The fourth-order valence-corrected chi connectivity index (χ4v) is 4.25. The van der Waals surface area contributed by atoms with Gasteiger partial charge in [0.1, 0.15) is 12.4 Å². The lowest BCUT2D eigenvalue weighted by Crippen LogP contribution is -2.44. The van der Waals surface area contributed by atoms with E-state index in [-0.39, 0.29) is 30.2 Å². The number of nitrogens with zero attached hydrogens (tertiary/aromatic N) is 2. The summed E-state index contributed by atoms with van der Waals surface area (Å²) in [5.41, 5.74) is 3.82. The fraction of sp³-hybridized carbons (Fsp3) is 0.281. The molecule has 0 aliphatic rings. The van der Waals surface area contributed by atoms with E-state index in [1.54, 1.807) is 17.4 Å². The van der Waals surface area contributed by atoms with Crippen molar-refractivity contribution in [2.24, 2.45) is 0 Å². The van der Waals surface area contributed by atoms with Crippen molar-refractivity contribution in [2.75, 3.05) is 13.1 Å². The molecule has 7 heteroatoms. The van der Waals surface area contributed by atoms with Crippen LogP contribution in [-0.4, -0.2) is 39.8 Å². The Kier molecular flexibility index (Phi) is 9.51. The van der Waals surface area contributed by atoms with Gasteiger partial charge < -0.3 is 19.9 Å². The van der Waals surface area contributed by atoms with Crippen LogP contribution in [0.4, 0.5) is 0 Å². The van der Waals surface area contributed by atoms with Crippen molar-refractivity contribution in [1.82, 2.24) is 20.2 Å². The van der Waals surface area contributed by atoms with E-state index in [1.165, 1.54) is 0 Å². The van der Waals surface area contributed by atoms with Crippen LogP contribution in [0.3, 0.4) is 0 Å². The minimum Gasteiger partial charge on any atom is -0.489 e. The van der Waals surface area contributed by atoms with Crippen LogP contribution in [0.15, 0.2) is 97.5 Å². The first-order chi connectivity index (χ1) is 18.9. The summed E-state index contributed by atoms with van der Waals surface area (Å²) in [5, 5.41) is 3.03. The van der Waals surface area contributed by atoms with Crippen LogP contribution in [0.25, 0.3) is 0 Å². The van der Waals surface area contributed by atoms with Crippen LogP contribution in [0.5, 0.6) is 5.75 Å². The Morgan fingerprint density at radius 2 is 1.62 bits per heavy atom. The molecule has 1 heterocycles. The van der Waals surface area contributed by atoms with E-state index in [9.17, 15) is 9.59 Å². The highest BCUT2D eigenvalue weighted by atomic mass is 16.5. The summed E-state index contributed by atoms with van der Waals surface area (Å²) in [7, 11) is 0. The quantitative estimate of drug-likeness (QED) is 0.256. The lowest BCUT2D eigenvalue weighted by atomic mass is 9.84. The summed E-state index contributed by atoms with van der Waals surface area (Å²) < 4.78 is 5.89. The number of imidazole rings is 1. The fourth-order valence-electron chi connectivity index (χ4n) is 4.25. The van der Waals surface area contributed by atoms with Crippen molar-refractivity contribution in [2.45, 2.75) is 45.3 Å². The molecule has 0 atom stereocenters. The van der Waals surface area contributed by atoms with E-state index < -0.39 is 0 Å². The molecule has 202 valence electrons. The Labute approximate surface area is 230 Å². The lowest BCUT2D eigenvalue weighted by molar-refractivity contribution is -0.136. The number of amides is 2. The minimum absolute atomic E-state index is 0.0149. The van der Waals surface area contributed by atoms with Crippen LogP contribution in [0.1, 0.15) is 42.7 Å². The first-order valence-corrected chi connectivity index (χ1v) is 13.2. The highest BCUT2D eigenvalue weighted by Crippen LogP contribution is 2.22. The van der Waals surface area contributed by atoms with Gasteiger partial charge in [0.05, 0.1) is 12.9 Å². The molecule has 0 unspecified atom stereocenters. The predicted octanol–water partition coefficient (Wildman–Crippen LogP) is 5.04. The second-order valence-corrected chi connectivity index (χ2v) is 10.3. The largest absolute Gasteiger partial charge is 0.489 e. The third-order valence-corrected chi connectivity index (χ3v) is 6.68. The molecule has 4 aromatic rings. The molecular weight excluding hydrogens is 488 g/mol. The summed E-state index contributed by atoms with van der Waals surface area (Å²) in [6.07, 6.45) is 4.12.